The van der Waals surface area contributed by atoms with Crippen molar-refractivity contribution in [1.82, 2.24) is 0 Å². The van der Waals surface area contributed by atoms with Crippen LogP contribution in [0.25, 0.3) is 0 Å². The second-order valence-corrected chi connectivity index (χ2v) is 1.21. The molecule has 8 heavy (non-hydrogen) atoms. The molecule has 0 nitrogen and oxygen atoms in total. The molecule has 0 saturated heterocycles. The minimum Gasteiger partial charge on any atom is -0.358 e. The van der Waals surface area contributed by atoms with Crippen LogP contribution in [-0.4, -0.2) is 23.1 Å². The van der Waals surface area contributed by atoms with Gasteiger partial charge in [-0.25, -0.2) is 0 Å². The molecule has 0 heterocycles. The SMILES string of the molecule is Br.[CH2-]CCCC.[CH3-].[Mg+2]. The van der Waals surface area contributed by atoms with Gasteiger partial charge in [-0.3, -0.25) is 0 Å². The fraction of sp³-hybridized carbons (Fsp3) is 0.667. The number of hydrogen-bond acceptors (Lipinski definition) is 0. The van der Waals surface area contributed by atoms with E-state index in [-0.39, 0.29) is 47.5 Å². The summed E-state index contributed by atoms with van der Waals surface area (Å²) in [6.07, 6.45) is 3.65. The molecule has 0 saturated carbocycles. The van der Waals surface area contributed by atoms with E-state index < -0.39 is 0 Å². The van der Waals surface area contributed by atoms with Gasteiger partial charge in [0.1, 0.15) is 0 Å². The van der Waals surface area contributed by atoms with Gasteiger partial charge < -0.3 is 14.4 Å². The Morgan fingerprint density at radius 3 is 1.75 bits per heavy atom. The summed E-state index contributed by atoms with van der Waals surface area (Å²) in [7, 11) is 0. The van der Waals surface area contributed by atoms with Crippen molar-refractivity contribution in [2.24, 2.45) is 0 Å². The monoisotopic (exact) mass is 190 g/mol. The molecule has 0 radical (unpaired) electrons. The quantitative estimate of drug-likeness (QED) is 0.465. The third kappa shape index (κ3) is 26.8. The molecule has 0 aromatic heterocycles. The van der Waals surface area contributed by atoms with Crippen molar-refractivity contribution in [3.8, 4) is 0 Å². The third-order valence-electron chi connectivity index (χ3n) is 0.604. The molecule has 0 amide bonds. The second kappa shape index (κ2) is 24.0. The molecule has 0 spiro atoms. The smallest absolute Gasteiger partial charge is 0.358 e. The van der Waals surface area contributed by atoms with Crippen LogP contribution in [0.5, 0.6) is 0 Å². The van der Waals surface area contributed by atoms with Crippen LogP contribution >= 0.6 is 17.0 Å². The van der Waals surface area contributed by atoms with Crippen molar-refractivity contribution < 1.29 is 0 Å². The molecule has 0 bridgehead atoms. The first-order valence-electron chi connectivity index (χ1n) is 2.21. The Labute approximate surface area is 80.4 Å². The number of unbranched alkanes of at least 4 members (excludes halogenated alkanes) is 2. The van der Waals surface area contributed by atoms with E-state index >= 15 is 0 Å². The fourth-order valence-electron chi connectivity index (χ4n) is 0.250. The Morgan fingerprint density at radius 1 is 1.38 bits per heavy atom. The van der Waals surface area contributed by atoms with Crippen molar-refractivity contribution in [2.45, 2.75) is 26.2 Å². The van der Waals surface area contributed by atoms with E-state index in [1.54, 1.807) is 0 Å². The van der Waals surface area contributed by atoms with Gasteiger partial charge in [0.2, 0.25) is 0 Å². The van der Waals surface area contributed by atoms with Gasteiger partial charge in [-0.15, -0.1) is 17.0 Å². The maximum Gasteiger partial charge on any atom is 2.00 e. The summed E-state index contributed by atoms with van der Waals surface area (Å²) < 4.78 is 0. The van der Waals surface area contributed by atoms with Gasteiger partial charge in [0.25, 0.3) is 0 Å². The molecule has 0 aliphatic heterocycles. The van der Waals surface area contributed by atoms with E-state index in [0.29, 0.717) is 0 Å². The van der Waals surface area contributed by atoms with Crippen LogP contribution in [0.4, 0.5) is 0 Å². The van der Waals surface area contributed by atoms with Gasteiger partial charge in [-0.1, -0.05) is 19.8 Å². The number of rotatable bonds is 2. The first-order chi connectivity index (χ1) is 2.41. The zero-order chi connectivity index (χ0) is 4.12. The van der Waals surface area contributed by atoms with Gasteiger partial charge in [0, 0.05) is 0 Å². The summed E-state index contributed by atoms with van der Waals surface area (Å²) in [6.45, 7) is 5.85. The summed E-state index contributed by atoms with van der Waals surface area (Å²) in [5.41, 5.74) is 0. The van der Waals surface area contributed by atoms with Crippen LogP contribution in [0.1, 0.15) is 26.2 Å². The normalized spacial score (nSPS) is 5.25. The summed E-state index contributed by atoms with van der Waals surface area (Å²) >= 11 is 0. The molecule has 0 aliphatic rings. The Balaban J connectivity index is -0.0000000267. The first kappa shape index (κ1) is 22.8. The van der Waals surface area contributed by atoms with Crippen molar-refractivity contribution >= 4 is 40.0 Å². The molecule has 0 aromatic rings. The molecule has 0 aromatic carbocycles. The van der Waals surface area contributed by atoms with E-state index in [1.807, 2.05) is 0 Å². The van der Waals surface area contributed by atoms with Crippen LogP contribution in [0.2, 0.25) is 0 Å². The number of halogens is 1. The van der Waals surface area contributed by atoms with Crippen molar-refractivity contribution in [2.75, 3.05) is 0 Å². The summed E-state index contributed by atoms with van der Waals surface area (Å²) in [5, 5.41) is 0. The Hall–Kier alpha value is 1.25. The molecule has 0 rings (SSSR count). The molecule has 48 valence electrons. The van der Waals surface area contributed by atoms with E-state index in [1.165, 1.54) is 12.8 Å². The molecule has 2 heteroatoms. The van der Waals surface area contributed by atoms with Crippen LogP contribution in [0, 0.1) is 14.4 Å². The molecule has 0 N–H and O–H groups in total. The zero-order valence-corrected chi connectivity index (χ0v) is 9.07. The van der Waals surface area contributed by atoms with Gasteiger partial charge in [0.05, 0.1) is 0 Å². The van der Waals surface area contributed by atoms with Crippen LogP contribution < -0.4 is 0 Å². The second-order valence-electron chi connectivity index (χ2n) is 1.21. The zero-order valence-electron chi connectivity index (χ0n) is 5.94. The largest absolute Gasteiger partial charge is 2.00 e. The minimum atomic E-state index is 0. The van der Waals surface area contributed by atoms with Crippen LogP contribution in [0.15, 0.2) is 0 Å². The molecule has 0 unspecified atom stereocenters. The summed E-state index contributed by atoms with van der Waals surface area (Å²) in [4.78, 5) is 0. The number of hydrogen-bond donors (Lipinski definition) is 0. The van der Waals surface area contributed by atoms with E-state index in [2.05, 4.69) is 13.8 Å². The molecule has 0 aliphatic carbocycles. The Morgan fingerprint density at radius 2 is 1.75 bits per heavy atom. The predicted octanol–water partition coefficient (Wildman–Crippen LogP) is 2.66. The maximum absolute atomic E-state index is 3.68. The molecular formula is C6H15BrMg. The van der Waals surface area contributed by atoms with Crippen molar-refractivity contribution in [3.63, 3.8) is 0 Å². The third-order valence-corrected chi connectivity index (χ3v) is 0.604. The van der Waals surface area contributed by atoms with E-state index in [9.17, 15) is 0 Å². The van der Waals surface area contributed by atoms with E-state index in [0.717, 1.165) is 6.42 Å². The standard InChI is InChI=1S/C5H11.CH3.BrH.Mg/c1-3-5-4-2;;;/h1,3-5H2,2H3;1H3;1H;/q2*-1;;+2. The van der Waals surface area contributed by atoms with Gasteiger partial charge in [0.15, 0.2) is 0 Å². The van der Waals surface area contributed by atoms with Gasteiger partial charge in [-0.2, -0.15) is 6.42 Å². The molecular weight excluding hydrogens is 176 g/mol. The summed E-state index contributed by atoms with van der Waals surface area (Å²) in [6, 6.07) is 0. The Bertz CT molecular complexity index is 16.0. The average Bonchev–Trinajstić information content (AvgIpc) is 1.41. The first-order valence-corrected chi connectivity index (χ1v) is 2.21. The topological polar surface area (TPSA) is 0 Å². The average molecular weight is 191 g/mol. The fourth-order valence-corrected chi connectivity index (χ4v) is 0.250. The van der Waals surface area contributed by atoms with E-state index in [4.69, 9.17) is 0 Å². The maximum atomic E-state index is 3.68. The van der Waals surface area contributed by atoms with Gasteiger partial charge in [-0.05, 0) is 0 Å². The van der Waals surface area contributed by atoms with Gasteiger partial charge >= 0.3 is 23.1 Å². The van der Waals surface area contributed by atoms with Crippen molar-refractivity contribution in [3.05, 3.63) is 14.4 Å². The van der Waals surface area contributed by atoms with Crippen LogP contribution in [-0.2, 0) is 0 Å². The Kier molecular flexibility index (Phi) is 68.6. The minimum absolute atomic E-state index is 0. The van der Waals surface area contributed by atoms with Crippen LogP contribution in [0.3, 0.4) is 0 Å². The van der Waals surface area contributed by atoms with Crippen molar-refractivity contribution in [1.29, 1.82) is 0 Å². The predicted molar refractivity (Wildman–Crippen MR) is 47.4 cm³/mol. The molecule has 0 atom stereocenters. The molecule has 0 fully saturated rings. The summed E-state index contributed by atoms with van der Waals surface area (Å²) in [5.74, 6) is 0.